The Labute approximate surface area is 146 Å². The van der Waals surface area contributed by atoms with Crippen molar-refractivity contribution in [3.8, 4) is 0 Å². The summed E-state index contributed by atoms with van der Waals surface area (Å²) in [4.78, 5) is 40.2. The molecule has 2 aromatic heterocycles. The van der Waals surface area contributed by atoms with Crippen LogP contribution in [0.4, 0.5) is 13.2 Å². The highest BCUT2D eigenvalue weighted by atomic mass is 19.4. The minimum Gasteiger partial charge on any atom is -0.352 e. The average molecular weight is 372 g/mol. The van der Waals surface area contributed by atoms with Gasteiger partial charge in [0.25, 0.3) is 5.56 Å². The molecule has 0 fully saturated rings. The summed E-state index contributed by atoms with van der Waals surface area (Å²) in [6.07, 6.45) is -3.11. The lowest BCUT2D eigenvalue weighted by Gasteiger charge is -2.14. The molecule has 0 unspecified atom stereocenters. The molecule has 1 atom stereocenters. The summed E-state index contributed by atoms with van der Waals surface area (Å²) in [7, 11) is 1.20. The van der Waals surface area contributed by atoms with Gasteiger partial charge in [-0.25, -0.2) is 9.78 Å². The Morgan fingerprint density at radius 2 is 1.96 bits per heavy atom. The predicted molar refractivity (Wildman–Crippen MR) is 88.8 cm³/mol. The second-order valence-electron chi connectivity index (χ2n) is 6.06. The fourth-order valence-electron chi connectivity index (χ4n) is 2.64. The van der Waals surface area contributed by atoms with Crippen LogP contribution in [0, 0.1) is 0 Å². The van der Waals surface area contributed by atoms with E-state index in [-0.39, 0.29) is 17.1 Å². The second kappa shape index (κ2) is 7.30. The molecule has 1 amide bonds. The molecule has 26 heavy (non-hydrogen) atoms. The zero-order valence-corrected chi connectivity index (χ0v) is 14.6. The minimum absolute atomic E-state index is 0.122. The van der Waals surface area contributed by atoms with E-state index < -0.39 is 35.6 Å². The molecular weight excluding hydrogens is 353 g/mol. The van der Waals surface area contributed by atoms with Gasteiger partial charge in [-0.3, -0.25) is 18.7 Å². The van der Waals surface area contributed by atoms with E-state index in [0.717, 1.165) is 23.5 Å². The molecule has 1 N–H and O–H groups in total. The third-order valence-corrected chi connectivity index (χ3v) is 3.91. The number of halogens is 3. The smallest absolute Gasteiger partial charge is 0.352 e. The summed E-state index contributed by atoms with van der Waals surface area (Å²) >= 11 is 0. The van der Waals surface area contributed by atoms with E-state index in [4.69, 9.17) is 0 Å². The van der Waals surface area contributed by atoms with E-state index in [1.807, 2.05) is 6.92 Å². The highest BCUT2D eigenvalue weighted by molar-refractivity contribution is 5.77. The van der Waals surface area contributed by atoms with Crippen LogP contribution < -0.4 is 16.6 Å². The molecule has 10 heteroatoms. The van der Waals surface area contributed by atoms with Gasteiger partial charge in [0.05, 0.1) is 5.39 Å². The molecule has 0 aromatic carbocycles. The molecule has 0 aliphatic carbocycles. The molecule has 7 nitrogen and oxygen atoms in total. The largest absolute Gasteiger partial charge is 0.433 e. The van der Waals surface area contributed by atoms with Gasteiger partial charge in [0.1, 0.15) is 17.9 Å². The van der Waals surface area contributed by atoms with Gasteiger partial charge in [-0.15, -0.1) is 0 Å². The van der Waals surface area contributed by atoms with Gasteiger partial charge in [0, 0.05) is 13.1 Å². The summed E-state index contributed by atoms with van der Waals surface area (Å²) in [5.74, 6) is -0.524. The van der Waals surface area contributed by atoms with Gasteiger partial charge >= 0.3 is 11.9 Å². The standard InChI is InChI=1S/C16H19F3N4O3/c1-4-5-9(2)20-12(24)8-23-14(25)10-6-7-11(16(17,18)19)21-13(10)22(3)15(23)26/h6-7,9H,4-5,8H2,1-3H3,(H,20,24)/t9-/m1/s1. The molecule has 0 radical (unpaired) electrons. The summed E-state index contributed by atoms with van der Waals surface area (Å²) < 4.78 is 39.9. The molecule has 0 aliphatic heterocycles. The zero-order chi connectivity index (χ0) is 19.6. The van der Waals surface area contributed by atoms with Crippen molar-refractivity contribution < 1.29 is 18.0 Å². The topological polar surface area (TPSA) is 86.0 Å². The maximum atomic E-state index is 12.8. The van der Waals surface area contributed by atoms with Crippen LogP contribution in [0.2, 0.25) is 0 Å². The number of carbonyl (C=O) groups is 1. The number of fused-ring (bicyclic) bond motifs is 1. The fraction of sp³-hybridized carbons (Fsp3) is 0.500. The minimum atomic E-state index is -4.70. The van der Waals surface area contributed by atoms with Crippen LogP contribution >= 0.6 is 0 Å². The van der Waals surface area contributed by atoms with Crippen LogP contribution in [0.5, 0.6) is 0 Å². The fourth-order valence-corrected chi connectivity index (χ4v) is 2.64. The molecule has 0 saturated heterocycles. The molecule has 2 heterocycles. The normalized spacial score (nSPS) is 13.0. The number of pyridine rings is 1. The van der Waals surface area contributed by atoms with Crippen molar-refractivity contribution in [3.63, 3.8) is 0 Å². The number of amides is 1. The molecule has 142 valence electrons. The first-order valence-electron chi connectivity index (χ1n) is 8.03. The first-order chi connectivity index (χ1) is 12.1. The highest BCUT2D eigenvalue weighted by Crippen LogP contribution is 2.28. The van der Waals surface area contributed by atoms with E-state index in [9.17, 15) is 27.6 Å². The van der Waals surface area contributed by atoms with Gasteiger partial charge in [0.2, 0.25) is 5.91 Å². The summed E-state index contributed by atoms with van der Waals surface area (Å²) in [5, 5.41) is 2.50. The lowest BCUT2D eigenvalue weighted by atomic mass is 10.2. The number of hydrogen-bond acceptors (Lipinski definition) is 4. The Balaban J connectivity index is 2.48. The maximum absolute atomic E-state index is 12.8. The Morgan fingerprint density at radius 3 is 2.54 bits per heavy atom. The number of aromatic nitrogens is 3. The molecular formula is C16H19F3N4O3. The average Bonchev–Trinajstić information content (AvgIpc) is 2.55. The molecule has 0 aliphatic rings. The SMILES string of the molecule is CCC[C@@H](C)NC(=O)Cn1c(=O)c2ccc(C(F)(F)F)nc2n(C)c1=O. The maximum Gasteiger partial charge on any atom is 0.433 e. The molecule has 0 spiro atoms. The van der Waals surface area contributed by atoms with E-state index in [1.165, 1.54) is 7.05 Å². The Bertz CT molecular complexity index is 947. The van der Waals surface area contributed by atoms with Crippen LogP contribution in [-0.4, -0.2) is 26.1 Å². The predicted octanol–water partition coefficient (Wildman–Crippen LogP) is 1.42. The summed E-state index contributed by atoms with van der Waals surface area (Å²) in [6, 6.07) is 1.51. The van der Waals surface area contributed by atoms with E-state index in [0.29, 0.717) is 10.6 Å². The number of alkyl halides is 3. The van der Waals surface area contributed by atoms with Gasteiger partial charge in [-0.2, -0.15) is 13.2 Å². The number of carbonyl (C=O) groups excluding carboxylic acids is 1. The Hall–Kier alpha value is -2.65. The molecule has 0 saturated carbocycles. The molecule has 0 bridgehead atoms. The van der Waals surface area contributed by atoms with Gasteiger partial charge in [-0.05, 0) is 25.5 Å². The van der Waals surface area contributed by atoms with Crippen molar-refractivity contribution in [2.24, 2.45) is 7.05 Å². The quantitative estimate of drug-likeness (QED) is 0.860. The Morgan fingerprint density at radius 1 is 1.31 bits per heavy atom. The van der Waals surface area contributed by atoms with Crippen molar-refractivity contribution in [2.75, 3.05) is 0 Å². The van der Waals surface area contributed by atoms with Crippen molar-refractivity contribution in [3.05, 3.63) is 38.7 Å². The zero-order valence-electron chi connectivity index (χ0n) is 14.6. The number of nitrogens with zero attached hydrogens (tertiary/aromatic N) is 3. The van der Waals surface area contributed by atoms with Crippen molar-refractivity contribution in [1.29, 1.82) is 0 Å². The molecule has 2 aromatic rings. The number of nitrogens with one attached hydrogen (secondary N) is 1. The lowest BCUT2D eigenvalue weighted by Crippen LogP contribution is -2.45. The van der Waals surface area contributed by atoms with Crippen molar-refractivity contribution in [1.82, 2.24) is 19.4 Å². The van der Waals surface area contributed by atoms with E-state index in [2.05, 4.69) is 10.3 Å². The van der Waals surface area contributed by atoms with Gasteiger partial charge in [-0.1, -0.05) is 13.3 Å². The number of rotatable bonds is 5. The third-order valence-electron chi connectivity index (χ3n) is 3.91. The summed E-state index contributed by atoms with van der Waals surface area (Å²) in [5.41, 5.74) is -3.36. The van der Waals surface area contributed by atoms with Crippen molar-refractivity contribution in [2.45, 2.75) is 45.5 Å². The first-order valence-corrected chi connectivity index (χ1v) is 8.03. The van der Waals surface area contributed by atoms with Crippen molar-refractivity contribution >= 4 is 16.9 Å². The first kappa shape index (κ1) is 19.7. The molecule has 2 rings (SSSR count). The van der Waals surface area contributed by atoms with E-state index >= 15 is 0 Å². The number of hydrogen-bond donors (Lipinski definition) is 1. The number of aryl methyl sites for hydroxylation is 1. The van der Waals surface area contributed by atoms with E-state index in [1.54, 1.807) is 6.92 Å². The lowest BCUT2D eigenvalue weighted by molar-refractivity contribution is -0.141. The van der Waals surface area contributed by atoms with Crippen LogP contribution in [0.3, 0.4) is 0 Å². The van der Waals surface area contributed by atoms with Gasteiger partial charge < -0.3 is 5.32 Å². The van der Waals surface area contributed by atoms with Gasteiger partial charge in [0.15, 0.2) is 0 Å². The Kier molecular flexibility index (Phi) is 5.53. The van der Waals surface area contributed by atoms with Crippen LogP contribution in [0.15, 0.2) is 21.7 Å². The van der Waals surface area contributed by atoms with Crippen LogP contribution in [0.25, 0.3) is 11.0 Å². The third kappa shape index (κ3) is 3.94. The summed E-state index contributed by atoms with van der Waals surface area (Å²) in [6.45, 7) is 3.23. The van der Waals surface area contributed by atoms with Crippen LogP contribution in [0.1, 0.15) is 32.4 Å². The highest BCUT2D eigenvalue weighted by Gasteiger charge is 2.33. The second-order valence-corrected chi connectivity index (χ2v) is 6.06. The monoisotopic (exact) mass is 372 g/mol. The van der Waals surface area contributed by atoms with Crippen LogP contribution in [-0.2, 0) is 24.6 Å².